The molecule has 1 aliphatic carbocycles. The summed E-state index contributed by atoms with van der Waals surface area (Å²) in [4.78, 5) is 0. The number of rotatable bonds is 1. The lowest BCUT2D eigenvalue weighted by Crippen LogP contribution is -2.02. The molecule has 0 fully saturated rings. The van der Waals surface area contributed by atoms with Crippen LogP contribution in [-0.4, -0.2) is 0 Å². The van der Waals surface area contributed by atoms with Gasteiger partial charge in [0.2, 0.25) is 0 Å². The van der Waals surface area contributed by atoms with Crippen LogP contribution in [-0.2, 0) is 12.8 Å². The molecule has 0 aromatic heterocycles. The van der Waals surface area contributed by atoms with Gasteiger partial charge in [0.15, 0.2) is 0 Å². The summed E-state index contributed by atoms with van der Waals surface area (Å²) in [5, 5.41) is 2.74. The van der Waals surface area contributed by atoms with E-state index in [1.54, 1.807) is 16.7 Å². The van der Waals surface area contributed by atoms with Crippen LogP contribution in [0.5, 0.6) is 0 Å². The molecule has 0 amide bonds. The van der Waals surface area contributed by atoms with Gasteiger partial charge in [-0.05, 0) is 71.6 Å². The van der Waals surface area contributed by atoms with Gasteiger partial charge < -0.3 is 0 Å². The van der Waals surface area contributed by atoms with Crippen LogP contribution in [0.15, 0.2) is 60.7 Å². The third-order valence-electron chi connectivity index (χ3n) is 5.22. The van der Waals surface area contributed by atoms with Crippen LogP contribution < -0.4 is 0 Å². The topological polar surface area (TPSA) is 0 Å². The average molecular weight is 286 g/mol. The summed E-state index contributed by atoms with van der Waals surface area (Å²) in [6.07, 6.45) is 4.98. The Balaban J connectivity index is 1.69. The van der Waals surface area contributed by atoms with Crippen molar-refractivity contribution < 1.29 is 0 Å². The van der Waals surface area contributed by atoms with Crippen LogP contribution in [0, 0.1) is 6.92 Å². The molecule has 0 N–H and O–H groups in total. The zero-order chi connectivity index (χ0) is 14.9. The molecule has 0 atom stereocenters. The predicted octanol–water partition coefficient (Wildman–Crippen LogP) is 5.81. The highest BCUT2D eigenvalue weighted by Gasteiger charge is 2.19. The molecular weight excluding hydrogens is 264 g/mol. The van der Waals surface area contributed by atoms with Crippen molar-refractivity contribution in [1.82, 2.24) is 0 Å². The molecule has 3 aromatic rings. The zero-order valence-electron chi connectivity index (χ0n) is 13.2. The molecule has 3 aromatic carbocycles. The Morgan fingerprint density at radius 1 is 0.727 bits per heavy atom. The number of hydrogen-bond donors (Lipinski definition) is 0. The summed E-state index contributed by atoms with van der Waals surface area (Å²) in [5.41, 5.74) is 6.13. The van der Waals surface area contributed by atoms with Gasteiger partial charge in [-0.25, -0.2) is 0 Å². The standard InChI is InChI=1S/C22H22/c1-16-14-20-8-4-5-9-21(20)15-22(16)19-12-10-17-6-2-3-7-18(17)11-13-19/h2-9,14-15,19H,10-13H2,1H3. The first-order valence-corrected chi connectivity index (χ1v) is 8.37. The lowest BCUT2D eigenvalue weighted by molar-refractivity contribution is 0.597. The van der Waals surface area contributed by atoms with Crippen LogP contribution in [0.25, 0.3) is 10.8 Å². The van der Waals surface area contributed by atoms with Crippen molar-refractivity contribution in [3.8, 4) is 0 Å². The minimum Gasteiger partial charge on any atom is -0.0620 e. The normalized spacial score (nSPS) is 15.5. The maximum Gasteiger partial charge on any atom is -0.0153 e. The fraction of sp³-hybridized carbons (Fsp3) is 0.273. The highest BCUT2D eigenvalue weighted by atomic mass is 14.2. The maximum atomic E-state index is 2.44. The molecule has 0 saturated heterocycles. The molecule has 0 bridgehead atoms. The van der Waals surface area contributed by atoms with Crippen LogP contribution >= 0.6 is 0 Å². The summed E-state index contributed by atoms with van der Waals surface area (Å²) < 4.78 is 0. The maximum absolute atomic E-state index is 2.44. The summed E-state index contributed by atoms with van der Waals surface area (Å²) in [6.45, 7) is 2.28. The fourth-order valence-corrected chi connectivity index (χ4v) is 3.97. The number of benzene rings is 3. The molecule has 0 heteroatoms. The summed E-state index contributed by atoms with van der Waals surface area (Å²) in [5.74, 6) is 0.692. The second-order valence-corrected chi connectivity index (χ2v) is 6.60. The van der Waals surface area contributed by atoms with Crippen LogP contribution in [0.3, 0.4) is 0 Å². The van der Waals surface area contributed by atoms with Gasteiger partial charge in [0.1, 0.15) is 0 Å². The van der Waals surface area contributed by atoms with E-state index < -0.39 is 0 Å². The van der Waals surface area contributed by atoms with Crippen LogP contribution in [0.2, 0.25) is 0 Å². The van der Waals surface area contributed by atoms with E-state index in [9.17, 15) is 0 Å². The van der Waals surface area contributed by atoms with Gasteiger partial charge in [-0.1, -0.05) is 60.7 Å². The molecule has 110 valence electrons. The Labute approximate surface area is 132 Å². The average Bonchev–Trinajstić information content (AvgIpc) is 2.77. The molecule has 0 nitrogen and oxygen atoms in total. The molecule has 0 aliphatic heterocycles. The van der Waals surface area contributed by atoms with E-state index in [1.165, 1.54) is 42.0 Å². The Bertz CT molecular complexity index is 786. The smallest absolute Gasteiger partial charge is 0.0153 e. The molecular formula is C22H22. The highest BCUT2D eigenvalue weighted by molar-refractivity contribution is 5.84. The fourth-order valence-electron chi connectivity index (χ4n) is 3.97. The predicted molar refractivity (Wildman–Crippen MR) is 94.5 cm³/mol. The van der Waals surface area contributed by atoms with Crippen LogP contribution in [0.1, 0.15) is 41.0 Å². The summed E-state index contributed by atoms with van der Waals surface area (Å²) >= 11 is 0. The quantitative estimate of drug-likeness (QED) is 0.495. The number of aryl methyl sites for hydroxylation is 3. The van der Waals surface area contributed by atoms with E-state index in [2.05, 4.69) is 67.6 Å². The van der Waals surface area contributed by atoms with Crippen molar-refractivity contribution in [3.05, 3.63) is 82.9 Å². The second kappa shape index (κ2) is 5.61. The van der Waals surface area contributed by atoms with E-state index >= 15 is 0 Å². The van der Waals surface area contributed by atoms with E-state index in [-0.39, 0.29) is 0 Å². The molecule has 22 heavy (non-hydrogen) atoms. The van der Waals surface area contributed by atoms with Gasteiger partial charge in [0, 0.05) is 0 Å². The monoisotopic (exact) mass is 286 g/mol. The van der Waals surface area contributed by atoms with Crippen LogP contribution in [0.4, 0.5) is 0 Å². The molecule has 1 aliphatic rings. The van der Waals surface area contributed by atoms with Gasteiger partial charge in [-0.3, -0.25) is 0 Å². The number of fused-ring (bicyclic) bond motifs is 2. The largest absolute Gasteiger partial charge is 0.0620 e. The van der Waals surface area contributed by atoms with Crippen molar-refractivity contribution in [1.29, 1.82) is 0 Å². The van der Waals surface area contributed by atoms with Gasteiger partial charge in [0.25, 0.3) is 0 Å². The molecule has 0 spiro atoms. The van der Waals surface area contributed by atoms with E-state index in [1.807, 2.05) is 0 Å². The van der Waals surface area contributed by atoms with Gasteiger partial charge >= 0.3 is 0 Å². The van der Waals surface area contributed by atoms with Crippen molar-refractivity contribution in [2.45, 2.75) is 38.5 Å². The van der Waals surface area contributed by atoms with E-state index in [0.717, 1.165) is 0 Å². The van der Waals surface area contributed by atoms with Gasteiger partial charge in [-0.2, -0.15) is 0 Å². The Kier molecular flexibility index (Phi) is 3.46. The lowest BCUT2D eigenvalue weighted by atomic mass is 9.87. The van der Waals surface area contributed by atoms with Gasteiger partial charge in [0.05, 0.1) is 0 Å². The minimum atomic E-state index is 0.692. The third-order valence-corrected chi connectivity index (χ3v) is 5.22. The Morgan fingerprint density at radius 2 is 1.27 bits per heavy atom. The van der Waals surface area contributed by atoms with Crippen molar-refractivity contribution >= 4 is 10.8 Å². The first-order valence-electron chi connectivity index (χ1n) is 8.37. The first kappa shape index (κ1) is 13.6. The highest BCUT2D eigenvalue weighted by Crippen LogP contribution is 2.35. The molecule has 0 heterocycles. The van der Waals surface area contributed by atoms with E-state index in [4.69, 9.17) is 0 Å². The Morgan fingerprint density at radius 3 is 1.91 bits per heavy atom. The second-order valence-electron chi connectivity index (χ2n) is 6.60. The first-order chi connectivity index (χ1) is 10.8. The van der Waals surface area contributed by atoms with Gasteiger partial charge in [-0.15, -0.1) is 0 Å². The number of hydrogen-bond acceptors (Lipinski definition) is 0. The van der Waals surface area contributed by atoms with Crippen molar-refractivity contribution in [3.63, 3.8) is 0 Å². The molecule has 4 rings (SSSR count). The zero-order valence-corrected chi connectivity index (χ0v) is 13.2. The van der Waals surface area contributed by atoms with Crippen molar-refractivity contribution in [2.24, 2.45) is 0 Å². The SMILES string of the molecule is Cc1cc2ccccc2cc1C1CCc2ccccc2CC1. The lowest BCUT2D eigenvalue weighted by Gasteiger charge is -2.18. The minimum absolute atomic E-state index is 0.692. The molecule has 0 saturated carbocycles. The van der Waals surface area contributed by atoms with Crippen molar-refractivity contribution in [2.75, 3.05) is 0 Å². The summed E-state index contributed by atoms with van der Waals surface area (Å²) in [6, 6.07) is 22.5. The van der Waals surface area contributed by atoms with E-state index in [0.29, 0.717) is 5.92 Å². The third kappa shape index (κ3) is 2.43. The Hall–Kier alpha value is -2.08. The molecule has 0 unspecified atom stereocenters. The summed E-state index contributed by atoms with van der Waals surface area (Å²) in [7, 11) is 0. The molecule has 0 radical (unpaired) electrons.